The van der Waals surface area contributed by atoms with Gasteiger partial charge in [0, 0.05) is 38.4 Å². The lowest BCUT2D eigenvalue weighted by molar-refractivity contribution is -0.384. The Bertz CT molecular complexity index is 1730. The van der Waals surface area contributed by atoms with Gasteiger partial charge in [0.15, 0.2) is 0 Å². The largest absolute Gasteiger partial charge is 0.325 e. The fraction of sp³-hybridized carbons (Fsp3) is 0.121. The molecule has 3 N–H and O–H groups in total. The molecule has 4 rings (SSSR count). The van der Waals surface area contributed by atoms with Gasteiger partial charge >= 0.3 is 0 Å². The smallest absolute Gasteiger partial charge is 0.272 e. The second-order valence-electron chi connectivity index (χ2n) is 9.68. The van der Waals surface area contributed by atoms with Gasteiger partial charge in [-0.15, -0.1) is 11.8 Å². The Balaban J connectivity index is 1.49. The maximum Gasteiger partial charge on any atom is 0.272 e. The summed E-state index contributed by atoms with van der Waals surface area (Å²) < 4.78 is 0.823. The van der Waals surface area contributed by atoms with Crippen molar-refractivity contribution in [2.24, 2.45) is 0 Å². The lowest BCUT2D eigenvalue weighted by Gasteiger charge is -2.17. The number of benzene rings is 4. The highest BCUT2D eigenvalue weighted by Crippen LogP contribution is 2.30. The number of hydrogen-bond donors (Lipinski definition) is 3. The van der Waals surface area contributed by atoms with Gasteiger partial charge in [-0.1, -0.05) is 59.3 Å². The molecule has 0 aliphatic carbocycles. The van der Waals surface area contributed by atoms with Gasteiger partial charge in [-0.25, -0.2) is 0 Å². The summed E-state index contributed by atoms with van der Waals surface area (Å²) in [4.78, 5) is 50.8. The van der Waals surface area contributed by atoms with Crippen LogP contribution in [0, 0.1) is 17.0 Å². The van der Waals surface area contributed by atoms with Crippen LogP contribution in [0.3, 0.4) is 0 Å². The molecule has 4 aromatic rings. The standard InChI is InChI=1S/C33H29BrN4O5S/c1-3-30(33(41)36-28-16-15-26(38(42)43)17-21(28)2)44-27-14-8-13-25(20-27)35-32(40)29(19-22-9-7-12-24(34)18-22)37-31(39)23-10-5-4-6-11-23/h4-20,30H,3H2,1-2H3,(H,35,40)(H,36,41)(H,37,39)/b29-19+. The zero-order chi connectivity index (χ0) is 31.6. The number of nitro benzene ring substituents is 1. The molecule has 0 aliphatic rings. The number of non-ortho nitro benzene ring substituents is 1. The molecule has 1 unspecified atom stereocenters. The van der Waals surface area contributed by atoms with Crippen LogP contribution in [0.5, 0.6) is 0 Å². The molecule has 11 heteroatoms. The first-order valence-corrected chi connectivity index (χ1v) is 15.3. The summed E-state index contributed by atoms with van der Waals surface area (Å²) in [6, 6.07) is 27.3. The number of hydrogen-bond acceptors (Lipinski definition) is 6. The monoisotopic (exact) mass is 672 g/mol. The Kier molecular flexibility index (Phi) is 11.1. The zero-order valence-electron chi connectivity index (χ0n) is 23.9. The molecule has 0 saturated heterocycles. The van der Waals surface area contributed by atoms with E-state index in [9.17, 15) is 24.5 Å². The average molecular weight is 674 g/mol. The van der Waals surface area contributed by atoms with Crippen molar-refractivity contribution in [3.8, 4) is 0 Å². The van der Waals surface area contributed by atoms with Gasteiger partial charge in [0.25, 0.3) is 17.5 Å². The third kappa shape index (κ3) is 8.88. The number of thioether (sulfide) groups is 1. The molecular weight excluding hydrogens is 644 g/mol. The molecule has 0 saturated carbocycles. The minimum atomic E-state index is -0.519. The van der Waals surface area contributed by atoms with Gasteiger partial charge in [0.2, 0.25) is 5.91 Å². The molecule has 9 nitrogen and oxygen atoms in total. The summed E-state index contributed by atoms with van der Waals surface area (Å²) in [5.74, 6) is -1.19. The number of anilines is 2. The van der Waals surface area contributed by atoms with Crippen LogP contribution < -0.4 is 16.0 Å². The minimum absolute atomic E-state index is 0.0462. The van der Waals surface area contributed by atoms with Gasteiger partial charge in [-0.05, 0) is 79.1 Å². The Labute approximate surface area is 267 Å². The summed E-state index contributed by atoms with van der Waals surface area (Å²) in [7, 11) is 0. The third-order valence-corrected chi connectivity index (χ3v) is 8.25. The Morgan fingerprint density at radius 1 is 0.932 bits per heavy atom. The molecule has 224 valence electrons. The Hall–Kier alpha value is -4.74. The molecule has 3 amide bonds. The van der Waals surface area contributed by atoms with Gasteiger partial charge in [0.1, 0.15) is 5.70 Å². The summed E-state index contributed by atoms with van der Waals surface area (Å²) in [6.45, 7) is 3.59. The molecule has 0 spiro atoms. The highest BCUT2D eigenvalue weighted by Gasteiger charge is 2.20. The van der Waals surface area contributed by atoms with Crippen LogP contribution in [0.15, 0.2) is 112 Å². The van der Waals surface area contributed by atoms with E-state index < -0.39 is 22.0 Å². The van der Waals surface area contributed by atoms with E-state index in [-0.39, 0.29) is 17.3 Å². The van der Waals surface area contributed by atoms with Crippen molar-refractivity contribution in [1.29, 1.82) is 0 Å². The van der Waals surface area contributed by atoms with Crippen molar-refractivity contribution in [3.05, 3.63) is 134 Å². The van der Waals surface area contributed by atoms with E-state index in [1.165, 1.54) is 30.0 Å². The second-order valence-corrected chi connectivity index (χ2v) is 11.9. The first-order valence-electron chi connectivity index (χ1n) is 13.6. The molecule has 0 fully saturated rings. The summed E-state index contributed by atoms with van der Waals surface area (Å²) >= 11 is 4.76. The zero-order valence-corrected chi connectivity index (χ0v) is 26.3. The van der Waals surface area contributed by atoms with Crippen LogP contribution in [0.25, 0.3) is 6.08 Å². The molecular formula is C33H29BrN4O5S. The number of carbonyl (C=O) groups is 3. The lowest BCUT2D eigenvalue weighted by atomic mass is 10.1. The fourth-order valence-corrected chi connectivity index (χ4v) is 5.58. The molecule has 0 bridgehead atoms. The predicted molar refractivity (Wildman–Crippen MR) is 177 cm³/mol. The van der Waals surface area contributed by atoms with Crippen LogP contribution >= 0.6 is 27.7 Å². The second kappa shape index (κ2) is 15.1. The van der Waals surface area contributed by atoms with Crippen LogP contribution in [0.4, 0.5) is 17.1 Å². The lowest BCUT2D eigenvalue weighted by Crippen LogP contribution is -2.30. The number of carbonyl (C=O) groups excluding carboxylic acids is 3. The number of nitrogens with zero attached hydrogens (tertiary/aromatic N) is 1. The minimum Gasteiger partial charge on any atom is -0.325 e. The normalized spacial score (nSPS) is 11.8. The van der Waals surface area contributed by atoms with E-state index in [4.69, 9.17) is 0 Å². The summed E-state index contributed by atoms with van der Waals surface area (Å²) in [6.07, 6.45) is 2.11. The quantitative estimate of drug-likeness (QED) is 0.0651. The number of amides is 3. The van der Waals surface area contributed by atoms with Crippen LogP contribution in [0.2, 0.25) is 0 Å². The molecule has 0 heterocycles. The SMILES string of the molecule is CCC(Sc1cccc(NC(=O)/C(=C\c2cccc(Br)c2)NC(=O)c2ccccc2)c1)C(=O)Nc1ccc([N+](=O)[O-])cc1C. The molecule has 1 atom stereocenters. The third-order valence-electron chi connectivity index (χ3n) is 6.40. The molecule has 0 aromatic heterocycles. The summed E-state index contributed by atoms with van der Waals surface area (Å²) in [5.41, 5.74) is 2.70. The molecule has 44 heavy (non-hydrogen) atoms. The number of halogens is 1. The van der Waals surface area contributed by atoms with Crippen molar-refractivity contribution in [1.82, 2.24) is 5.32 Å². The topological polar surface area (TPSA) is 130 Å². The number of nitro groups is 1. The van der Waals surface area contributed by atoms with Gasteiger partial charge in [0.05, 0.1) is 10.2 Å². The Morgan fingerprint density at radius 2 is 1.68 bits per heavy atom. The van der Waals surface area contributed by atoms with Crippen LogP contribution in [-0.4, -0.2) is 27.9 Å². The molecule has 4 aromatic carbocycles. The van der Waals surface area contributed by atoms with Crippen molar-refractivity contribution < 1.29 is 19.3 Å². The number of rotatable bonds is 11. The van der Waals surface area contributed by atoms with Gasteiger partial charge < -0.3 is 16.0 Å². The highest BCUT2D eigenvalue weighted by molar-refractivity contribution is 9.10. The van der Waals surface area contributed by atoms with E-state index in [0.717, 1.165) is 9.37 Å². The first-order chi connectivity index (χ1) is 21.1. The van der Waals surface area contributed by atoms with Crippen molar-refractivity contribution in [2.45, 2.75) is 30.4 Å². The van der Waals surface area contributed by atoms with E-state index in [1.54, 1.807) is 61.5 Å². The van der Waals surface area contributed by atoms with Gasteiger partial charge in [-0.3, -0.25) is 24.5 Å². The average Bonchev–Trinajstić information content (AvgIpc) is 3.01. The number of aryl methyl sites for hydroxylation is 1. The summed E-state index contributed by atoms with van der Waals surface area (Å²) in [5, 5.41) is 19.0. The van der Waals surface area contributed by atoms with Crippen molar-refractivity contribution >= 4 is 68.6 Å². The van der Waals surface area contributed by atoms with E-state index in [1.807, 2.05) is 37.3 Å². The molecule has 0 aliphatic heterocycles. The van der Waals surface area contributed by atoms with Gasteiger partial charge in [-0.2, -0.15) is 0 Å². The molecule has 0 radical (unpaired) electrons. The van der Waals surface area contributed by atoms with Crippen LogP contribution in [0.1, 0.15) is 34.8 Å². The highest BCUT2D eigenvalue weighted by atomic mass is 79.9. The van der Waals surface area contributed by atoms with E-state index >= 15 is 0 Å². The Morgan fingerprint density at radius 3 is 2.36 bits per heavy atom. The van der Waals surface area contributed by atoms with Crippen molar-refractivity contribution in [2.75, 3.05) is 10.6 Å². The predicted octanol–water partition coefficient (Wildman–Crippen LogP) is 7.58. The fourth-order valence-electron chi connectivity index (χ4n) is 4.15. The maximum absolute atomic E-state index is 13.4. The maximum atomic E-state index is 13.4. The number of nitrogens with one attached hydrogen (secondary N) is 3. The van der Waals surface area contributed by atoms with E-state index in [2.05, 4.69) is 31.9 Å². The van der Waals surface area contributed by atoms with E-state index in [0.29, 0.717) is 34.5 Å². The van der Waals surface area contributed by atoms with Crippen LogP contribution in [-0.2, 0) is 9.59 Å². The first kappa shape index (κ1) is 32.2. The van der Waals surface area contributed by atoms with Crippen molar-refractivity contribution in [3.63, 3.8) is 0 Å².